The smallest absolute Gasteiger partial charge is 0.237 e. The van der Waals surface area contributed by atoms with Crippen LogP contribution in [-0.4, -0.2) is 11.7 Å². The van der Waals surface area contributed by atoms with Crippen LogP contribution in [0, 0.1) is 12.8 Å². The molecule has 1 rings (SSSR count). The number of nitrogens with one attached hydrogen (secondary N) is 1. The maximum atomic E-state index is 11.2. The van der Waals surface area contributed by atoms with Crippen LogP contribution in [0.5, 0.6) is 0 Å². The molecule has 16 heavy (non-hydrogen) atoms. The van der Waals surface area contributed by atoms with E-state index in [0.717, 1.165) is 11.5 Å². The molecule has 1 aromatic rings. The fraction of sp³-hybridized carbons (Fsp3) is 0.417. The number of aryl methyl sites for hydroxylation is 1. The first-order valence-electron chi connectivity index (χ1n) is 5.27. The van der Waals surface area contributed by atoms with Gasteiger partial charge >= 0.3 is 0 Å². The van der Waals surface area contributed by atoms with E-state index in [1.807, 2.05) is 6.92 Å². The first-order valence-corrected chi connectivity index (χ1v) is 6.42. The lowest BCUT2D eigenvalue weighted by Gasteiger charge is -2.09. The third-order valence-electron chi connectivity index (χ3n) is 2.31. The van der Waals surface area contributed by atoms with Gasteiger partial charge in [-0.3, -0.25) is 10.2 Å². The number of amides is 1. The second kappa shape index (κ2) is 6.55. The molecule has 0 aliphatic heterocycles. The molecule has 0 aromatic heterocycles. The van der Waals surface area contributed by atoms with Gasteiger partial charge in [-0.1, -0.05) is 36.8 Å². The molecule has 0 heterocycles. The maximum Gasteiger partial charge on any atom is 0.237 e. The molecule has 0 radical (unpaired) electrons. The van der Waals surface area contributed by atoms with Crippen molar-refractivity contribution in [2.45, 2.75) is 19.6 Å². The van der Waals surface area contributed by atoms with Gasteiger partial charge in [-0.25, -0.2) is 5.84 Å². The second-order valence-corrected chi connectivity index (χ2v) is 4.94. The number of carbonyl (C=O) groups is 1. The van der Waals surface area contributed by atoms with Gasteiger partial charge in [0.15, 0.2) is 0 Å². The number of hydrazine groups is 1. The van der Waals surface area contributed by atoms with Gasteiger partial charge in [0.25, 0.3) is 0 Å². The van der Waals surface area contributed by atoms with E-state index in [0.29, 0.717) is 0 Å². The van der Waals surface area contributed by atoms with E-state index >= 15 is 0 Å². The van der Waals surface area contributed by atoms with Crippen LogP contribution in [-0.2, 0) is 10.5 Å². The molecule has 3 nitrogen and oxygen atoms in total. The largest absolute Gasteiger partial charge is 0.294 e. The predicted molar refractivity (Wildman–Crippen MR) is 68.8 cm³/mol. The second-order valence-electron chi connectivity index (χ2n) is 3.91. The fourth-order valence-corrected chi connectivity index (χ4v) is 2.41. The van der Waals surface area contributed by atoms with Crippen molar-refractivity contribution in [3.8, 4) is 0 Å². The van der Waals surface area contributed by atoms with E-state index in [1.54, 1.807) is 11.8 Å². The topological polar surface area (TPSA) is 55.1 Å². The highest BCUT2D eigenvalue weighted by molar-refractivity contribution is 7.98. The molecule has 0 spiro atoms. The first-order chi connectivity index (χ1) is 7.63. The number of hydrogen-bond acceptors (Lipinski definition) is 3. The molecule has 0 fully saturated rings. The third-order valence-corrected chi connectivity index (χ3v) is 3.58. The summed E-state index contributed by atoms with van der Waals surface area (Å²) >= 11 is 1.75. The zero-order valence-electron chi connectivity index (χ0n) is 9.69. The lowest BCUT2D eigenvalue weighted by atomic mass is 10.2. The van der Waals surface area contributed by atoms with Crippen molar-refractivity contribution in [1.82, 2.24) is 5.43 Å². The van der Waals surface area contributed by atoms with Crippen LogP contribution in [0.4, 0.5) is 0 Å². The Labute approximate surface area is 101 Å². The molecule has 0 saturated heterocycles. The number of rotatable bonds is 5. The van der Waals surface area contributed by atoms with Crippen molar-refractivity contribution in [2.24, 2.45) is 11.8 Å². The normalized spacial score (nSPS) is 12.2. The number of carbonyl (C=O) groups excluding carboxylic acids is 1. The molecule has 1 unspecified atom stereocenters. The zero-order chi connectivity index (χ0) is 12.0. The van der Waals surface area contributed by atoms with Crippen LogP contribution in [0.3, 0.4) is 0 Å². The summed E-state index contributed by atoms with van der Waals surface area (Å²) in [5, 5.41) is 0. The maximum absolute atomic E-state index is 11.2. The summed E-state index contributed by atoms with van der Waals surface area (Å²) in [7, 11) is 0. The van der Waals surface area contributed by atoms with Crippen molar-refractivity contribution in [2.75, 3.05) is 5.75 Å². The molecular weight excluding hydrogens is 220 g/mol. The van der Waals surface area contributed by atoms with Crippen LogP contribution < -0.4 is 11.3 Å². The standard InChI is InChI=1S/C12H18N2OS/c1-9-4-3-5-11(6-9)8-16-7-10(2)12(15)14-13/h3-6,10H,7-8,13H2,1-2H3,(H,14,15). The Morgan fingerprint density at radius 3 is 2.94 bits per heavy atom. The Morgan fingerprint density at radius 1 is 1.56 bits per heavy atom. The van der Waals surface area contributed by atoms with E-state index < -0.39 is 0 Å². The molecule has 1 amide bonds. The third kappa shape index (κ3) is 4.24. The summed E-state index contributed by atoms with van der Waals surface area (Å²) in [5.74, 6) is 6.65. The summed E-state index contributed by atoms with van der Waals surface area (Å²) in [6.07, 6.45) is 0. The summed E-state index contributed by atoms with van der Waals surface area (Å²) in [4.78, 5) is 11.2. The van der Waals surface area contributed by atoms with Gasteiger partial charge in [0.05, 0.1) is 0 Å². The minimum Gasteiger partial charge on any atom is -0.294 e. The molecule has 1 aromatic carbocycles. The van der Waals surface area contributed by atoms with Gasteiger partial charge in [0.2, 0.25) is 5.91 Å². The van der Waals surface area contributed by atoms with Crippen molar-refractivity contribution >= 4 is 17.7 Å². The molecule has 88 valence electrons. The van der Waals surface area contributed by atoms with E-state index in [1.165, 1.54) is 11.1 Å². The lowest BCUT2D eigenvalue weighted by Crippen LogP contribution is -2.35. The number of nitrogens with two attached hydrogens (primary N) is 1. The molecule has 4 heteroatoms. The average Bonchev–Trinajstić information content (AvgIpc) is 2.28. The SMILES string of the molecule is Cc1cccc(CSCC(C)C(=O)NN)c1. The number of benzene rings is 1. The highest BCUT2D eigenvalue weighted by atomic mass is 32.2. The molecule has 0 saturated carbocycles. The van der Waals surface area contributed by atoms with Crippen LogP contribution in [0.2, 0.25) is 0 Å². The van der Waals surface area contributed by atoms with Gasteiger partial charge in [0, 0.05) is 17.4 Å². The quantitative estimate of drug-likeness (QED) is 0.467. The van der Waals surface area contributed by atoms with Gasteiger partial charge < -0.3 is 0 Å². The van der Waals surface area contributed by atoms with Crippen LogP contribution in [0.1, 0.15) is 18.1 Å². The van der Waals surface area contributed by atoms with Gasteiger partial charge in [-0.05, 0) is 12.5 Å². The number of hydrogen-bond donors (Lipinski definition) is 2. The average molecular weight is 238 g/mol. The van der Waals surface area contributed by atoms with Crippen molar-refractivity contribution in [1.29, 1.82) is 0 Å². The molecule has 3 N–H and O–H groups in total. The number of thioether (sulfide) groups is 1. The Kier molecular flexibility index (Phi) is 5.35. The Morgan fingerprint density at radius 2 is 2.31 bits per heavy atom. The summed E-state index contributed by atoms with van der Waals surface area (Å²) in [5.41, 5.74) is 4.74. The first kappa shape index (κ1) is 13.1. The summed E-state index contributed by atoms with van der Waals surface area (Å²) in [6, 6.07) is 8.41. The summed E-state index contributed by atoms with van der Waals surface area (Å²) < 4.78 is 0. The monoisotopic (exact) mass is 238 g/mol. The van der Waals surface area contributed by atoms with Crippen molar-refractivity contribution in [3.63, 3.8) is 0 Å². The molecule has 1 atom stereocenters. The Balaban J connectivity index is 2.33. The van der Waals surface area contributed by atoms with Crippen molar-refractivity contribution < 1.29 is 4.79 Å². The zero-order valence-corrected chi connectivity index (χ0v) is 10.5. The fourth-order valence-electron chi connectivity index (χ4n) is 1.37. The summed E-state index contributed by atoms with van der Waals surface area (Å²) in [6.45, 7) is 3.96. The van der Waals surface area contributed by atoms with Gasteiger partial charge in [-0.15, -0.1) is 0 Å². The lowest BCUT2D eigenvalue weighted by molar-refractivity contribution is -0.123. The van der Waals surface area contributed by atoms with E-state index in [4.69, 9.17) is 5.84 Å². The van der Waals surface area contributed by atoms with E-state index in [9.17, 15) is 4.79 Å². The highest BCUT2D eigenvalue weighted by Crippen LogP contribution is 2.16. The molecule has 0 aliphatic carbocycles. The Bertz CT molecular complexity index is 355. The van der Waals surface area contributed by atoms with Crippen LogP contribution >= 0.6 is 11.8 Å². The minimum absolute atomic E-state index is 0.0418. The van der Waals surface area contributed by atoms with Gasteiger partial charge in [-0.2, -0.15) is 11.8 Å². The highest BCUT2D eigenvalue weighted by Gasteiger charge is 2.10. The van der Waals surface area contributed by atoms with Gasteiger partial charge in [0.1, 0.15) is 0 Å². The molecule has 0 bridgehead atoms. The molecular formula is C12H18N2OS. The van der Waals surface area contributed by atoms with Crippen LogP contribution in [0.25, 0.3) is 0 Å². The Hall–Kier alpha value is -1.00. The van der Waals surface area contributed by atoms with Crippen molar-refractivity contribution in [3.05, 3.63) is 35.4 Å². The van der Waals surface area contributed by atoms with E-state index in [-0.39, 0.29) is 11.8 Å². The van der Waals surface area contributed by atoms with Crippen LogP contribution in [0.15, 0.2) is 24.3 Å². The predicted octanol–water partition coefficient (Wildman–Crippen LogP) is 1.85. The van der Waals surface area contributed by atoms with E-state index in [2.05, 4.69) is 36.6 Å². The minimum atomic E-state index is -0.100. The molecule has 0 aliphatic rings.